The lowest BCUT2D eigenvalue weighted by Gasteiger charge is -2.17. The number of carbonyl (C=O) groups is 2. The van der Waals surface area contributed by atoms with Crippen LogP contribution in [0.2, 0.25) is 0 Å². The van der Waals surface area contributed by atoms with Gasteiger partial charge in [-0.15, -0.1) is 11.3 Å². The van der Waals surface area contributed by atoms with Gasteiger partial charge in [0.05, 0.1) is 0 Å². The molecule has 0 unspecified atom stereocenters. The zero-order valence-corrected chi connectivity index (χ0v) is 18.2. The molecule has 0 saturated carbocycles. The van der Waals surface area contributed by atoms with E-state index in [0.29, 0.717) is 0 Å². The predicted octanol–water partition coefficient (Wildman–Crippen LogP) is 4.80. The van der Waals surface area contributed by atoms with E-state index in [1.165, 1.54) is 16.9 Å². The van der Waals surface area contributed by atoms with Crippen molar-refractivity contribution in [3.63, 3.8) is 0 Å². The van der Waals surface area contributed by atoms with E-state index < -0.39 is 12.1 Å². The molecule has 2 aromatic carbocycles. The lowest BCUT2D eigenvalue weighted by atomic mass is 10.1. The molecule has 1 aromatic heterocycles. The maximum Gasteiger partial charge on any atom is 0.358 e. The molecule has 2 atom stereocenters. The summed E-state index contributed by atoms with van der Waals surface area (Å²) in [6.07, 6.45) is 0.792. The smallest absolute Gasteiger partial charge is 0.358 e. The fraction of sp³-hybridized carbons (Fsp3) is 0.292. The summed E-state index contributed by atoms with van der Waals surface area (Å²) in [5.74, 6) is -0.901. The molecule has 0 saturated heterocycles. The number of nitrogens with one attached hydrogen (secondary N) is 1. The molecule has 0 aliphatic heterocycles. The SMILES string of the molecule is Cc1ccc(-c2nc(C(=O)O[C@H](C)C(=O)N[C@H](C)CCc3ccccc3)cs2)cc1. The minimum Gasteiger partial charge on any atom is -0.448 e. The molecule has 6 heteroatoms. The first-order valence-corrected chi connectivity index (χ1v) is 10.9. The maximum absolute atomic E-state index is 12.4. The Labute approximate surface area is 181 Å². The Kier molecular flexibility index (Phi) is 7.36. The van der Waals surface area contributed by atoms with Gasteiger partial charge in [-0.25, -0.2) is 9.78 Å². The fourth-order valence-electron chi connectivity index (χ4n) is 2.93. The zero-order chi connectivity index (χ0) is 21.5. The van der Waals surface area contributed by atoms with Gasteiger partial charge in [0.1, 0.15) is 5.01 Å². The zero-order valence-electron chi connectivity index (χ0n) is 17.4. The number of amides is 1. The van der Waals surface area contributed by atoms with Crippen LogP contribution in [0.4, 0.5) is 0 Å². The largest absolute Gasteiger partial charge is 0.448 e. The van der Waals surface area contributed by atoms with Crippen molar-refractivity contribution in [2.75, 3.05) is 0 Å². The molecular weight excluding hydrogens is 396 g/mol. The minimum absolute atomic E-state index is 0.0220. The van der Waals surface area contributed by atoms with Gasteiger partial charge in [-0.2, -0.15) is 0 Å². The number of nitrogens with zero attached hydrogens (tertiary/aromatic N) is 1. The molecule has 156 valence electrons. The predicted molar refractivity (Wildman–Crippen MR) is 120 cm³/mol. The standard InChI is InChI=1S/C24H26N2O3S/c1-16-9-13-20(14-10-16)23-26-21(15-30-23)24(28)29-18(3)22(27)25-17(2)11-12-19-7-5-4-6-8-19/h4-10,13-15,17-18H,11-12H2,1-3H3,(H,25,27)/t17-,18-/m1/s1. The highest BCUT2D eigenvalue weighted by atomic mass is 32.1. The molecule has 30 heavy (non-hydrogen) atoms. The number of aryl methyl sites for hydroxylation is 2. The van der Waals surface area contributed by atoms with E-state index in [2.05, 4.69) is 22.4 Å². The highest BCUT2D eigenvalue weighted by Gasteiger charge is 2.22. The van der Waals surface area contributed by atoms with Crippen LogP contribution in [0.3, 0.4) is 0 Å². The second-order valence-corrected chi connectivity index (χ2v) is 8.24. The lowest BCUT2D eigenvalue weighted by Crippen LogP contribution is -2.41. The topological polar surface area (TPSA) is 68.3 Å². The second kappa shape index (κ2) is 10.2. The van der Waals surface area contributed by atoms with E-state index in [9.17, 15) is 9.59 Å². The number of rotatable bonds is 8. The van der Waals surface area contributed by atoms with Gasteiger partial charge in [0.2, 0.25) is 0 Å². The number of benzene rings is 2. The van der Waals surface area contributed by atoms with Gasteiger partial charge in [0.15, 0.2) is 11.8 Å². The summed E-state index contributed by atoms with van der Waals surface area (Å²) >= 11 is 1.37. The average Bonchev–Trinajstić information content (AvgIpc) is 3.24. The number of hydrogen-bond donors (Lipinski definition) is 1. The van der Waals surface area contributed by atoms with Crippen LogP contribution in [-0.2, 0) is 16.0 Å². The molecular formula is C24H26N2O3S. The molecule has 0 aliphatic carbocycles. The Bertz CT molecular complexity index is 983. The van der Waals surface area contributed by atoms with Crippen molar-refractivity contribution in [2.45, 2.75) is 45.8 Å². The van der Waals surface area contributed by atoms with Crippen molar-refractivity contribution >= 4 is 23.2 Å². The van der Waals surface area contributed by atoms with Crippen LogP contribution in [0.25, 0.3) is 10.6 Å². The Balaban J connectivity index is 1.49. The number of thiazole rings is 1. The normalized spacial score (nSPS) is 12.8. The van der Waals surface area contributed by atoms with Crippen LogP contribution in [0, 0.1) is 6.92 Å². The highest BCUT2D eigenvalue weighted by molar-refractivity contribution is 7.13. The molecule has 1 amide bonds. The fourth-order valence-corrected chi connectivity index (χ4v) is 3.73. The van der Waals surface area contributed by atoms with E-state index in [4.69, 9.17) is 4.74 Å². The first-order valence-electron chi connectivity index (χ1n) is 10.00. The summed E-state index contributed by atoms with van der Waals surface area (Å²) in [5.41, 5.74) is 3.55. The number of aromatic nitrogens is 1. The third-order valence-electron chi connectivity index (χ3n) is 4.76. The number of hydrogen-bond acceptors (Lipinski definition) is 5. The number of esters is 1. The van der Waals surface area contributed by atoms with E-state index >= 15 is 0 Å². The third-order valence-corrected chi connectivity index (χ3v) is 5.65. The molecule has 0 bridgehead atoms. The van der Waals surface area contributed by atoms with Crippen molar-refractivity contribution < 1.29 is 14.3 Å². The van der Waals surface area contributed by atoms with E-state index in [-0.39, 0.29) is 17.6 Å². The summed E-state index contributed by atoms with van der Waals surface area (Å²) in [7, 11) is 0. The Morgan fingerprint density at radius 2 is 1.77 bits per heavy atom. The van der Waals surface area contributed by atoms with Gasteiger partial charge >= 0.3 is 5.97 Å². The van der Waals surface area contributed by atoms with E-state index in [1.54, 1.807) is 12.3 Å². The molecule has 3 rings (SSSR count). The van der Waals surface area contributed by atoms with Gasteiger partial charge in [-0.1, -0.05) is 60.2 Å². The first-order chi connectivity index (χ1) is 14.4. The van der Waals surface area contributed by atoms with Gasteiger partial charge in [0, 0.05) is 17.0 Å². The minimum atomic E-state index is -0.888. The van der Waals surface area contributed by atoms with Crippen molar-refractivity contribution in [3.8, 4) is 10.6 Å². The van der Waals surface area contributed by atoms with Crippen molar-refractivity contribution in [1.82, 2.24) is 10.3 Å². The molecule has 0 radical (unpaired) electrons. The third kappa shape index (κ3) is 6.00. The van der Waals surface area contributed by atoms with Gasteiger partial charge < -0.3 is 10.1 Å². The van der Waals surface area contributed by atoms with Crippen molar-refractivity contribution in [3.05, 3.63) is 76.8 Å². The lowest BCUT2D eigenvalue weighted by molar-refractivity contribution is -0.129. The average molecular weight is 423 g/mol. The summed E-state index contributed by atoms with van der Waals surface area (Å²) in [6.45, 7) is 5.54. The summed E-state index contributed by atoms with van der Waals surface area (Å²) in [6, 6.07) is 18.0. The molecule has 1 N–H and O–H groups in total. The van der Waals surface area contributed by atoms with E-state index in [0.717, 1.165) is 29.0 Å². The number of carbonyl (C=O) groups excluding carboxylic acids is 2. The highest BCUT2D eigenvalue weighted by Crippen LogP contribution is 2.24. The molecule has 0 fully saturated rings. The monoisotopic (exact) mass is 422 g/mol. The van der Waals surface area contributed by atoms with Crippen molar-refractivity contribution in [1.29, 1.82) is 0 Å². The Morgan fingerprint density at radius 1 is 1.07 bits per heavy atom. The maximum atomic E-state index is 12.4. The summed E-state index contributed by atoms with van der Waals surface area (Å²) < 4.78 is 5.32. The van der Waals surface area contributed by atoms with Crippen molar-refractivity contribution in [2.24, 2.45) is 0 Å². The molecule has 0 aliphatic rings. The van der Waals surface area contributed by atoms with E-state index in [1.807, 2.05) is 56.3 Å². The van der Waals surface area contributed by atoms with Crippen LogP contribution >= 0.6 is 11.3 Å². The van der Waals surface area contributed by atoms with Crippen LogP contribution in [0.5, 0.6) is 0 Å². The molecule has 3 aromatic rings. The Hall–Kier alpha value is -2.99. The number of ether oxygens (including phenoxy) is 1. The molecule has 0 spiro atoms. The van der Waals surface area contributed by atoms with Crippen LogP contribution in [-0.4, -0.2) is 29.0 Å². The molecule has 5 nitrogen and oxygen atoms in total. The van der Waals surface area contributed by atoms with Gasteiger partial charge in [-0.3, -0.25) is 4.79 Å². The Morgan fingerprint density at radius 3 is 2.47 bits per heavy atom. The second-order valence-electron chi connectivity index (χ2n) is 7.39. The van der Waals surface area contributed by atoms with Gasteiger partial charge in [0.25, 0.3) is 5.91 Å². The van der Waals surface area contributed by atoms with Crippen LogP contribution in [0.1, 0.15) is 41.9 Å². The summed E-state index contributed by atoms with van der Waals surface area (Å²) in [5, 5.41) is 5.31. The van der Waals surface area contributed by atoms with Gasteiger partial charge in [-0.05, 0) is 39.2 Å². The summed E-state index contributed by atoms with van der Waals surface area (Å²) in [4.78, 5) is 29.1. The molecule has 1 heterocycles. The van der Waals surface area contributed by atoms with Crippen LogP contribution in [0.15, 0.2) is 60.0 Å². The quantitative estimate of drug-likeness (QED) is 0.530. The first kappa shape index (κ1) is 21.7. The van der Waals surface area contributed by atoms with Crippen LogP contribution < -0.4 is 5.32 Å².